The van der Waals surface area contributed by atoms with Crippen LogP contribution < -0.4 is 15.5 Å². The van der Waals surface area contributed by atoms with Crippen molar-refractivity contribution in [3.8, 4) is 5.75 Å². The van der Waals surface area contributed by atoms with Crippen LogP contribution in [0.1, 0.15) is 32.5 Å². The Morgan fingerprint density at radius 2 is 1.87 bits per heavy atom. The van der Waals surface area contributed by atoms with Gasteiger partial charge in [0.05, 0.1) is 11.4 Å². The summed E-state index contributed by atoms with van der Waals surface area (Å²) in [5.74, 6) is 0.00241. The molecule has 3 heterocycles. The number of rotatable bonds is 5. The van der Waals surface area contributed by atoms with E-state index < -0.39 is 0 Å². The van der Waals surface area contributed by atoms with Gasteiger partial charge in [-0.25, -0.2) is 0 Å². The number of fused-ring (bicyclic) bond motifs is 4. The smallest absolute Gasteiger partial charge is 0.274 e. The quantitative estimate of drug-likeness (QED) is 0.222. The normalized spacial score (nSPS) is 14.7. The van der Waals surface area contributed by atoms with Crippen molar-refractivity contribution in [2.45, 2.75) is 5.92 Å². The van der Waals surface area contributed by atoms with E-state index in [1.54, 1.807) is 40.8 Å². The molecule has 38 heavy (non-hydrogen) atoms. The Labute approximate surface area is 223 Å². The van der Waals surface area contributed by atoms with Crippen molar-refractivity contribution < 1.29 is 14.7 Å². The van der Waals surface area contributed by atoms with Crippen LogP contribution in [0.25, 0.3) is 21.7 Å². The summed E-state index contributed by atoms with van der Waals surface area (Å²) < 4.78 is 1.76. The number of halogens is 1. The number of nitrogens with one attached hydrogen (secondary N) is 3. The summed E-state index contributed by atoms with van der Waals surface area (Å²) in [6.45, 7) is 0.424. The molecular formula is C29H26ClN5O3. The van der Waals surface area contributed by atoms with Crippen LogP contribution in [0, 0.1) is 0 Å². The predicted molar refractivity (Wildman–Crippen MR) is 152 cm³/mol. The van der Waals surface area contributed by atoms with E-state index in [2.05, 4.69) is 15.6 Å². The number of aromatic amines is 1. The first-order valence-corrected chi connectivity index (χ1v) is 12.8. The second-order valence-corrected chi connectivity index (χ2v) is 9.86. The molecule has 0 fully saturated rings. The number of aromatic nitrogens is 2. The van der Waals surface area contributed by atoms with Gasteiger partial charge in [0.15, 0.2) is 0 Å². The molecule has 0 saturated carbocycles. The lowest BCUT2D eigenvalue weighted by molar-refractivity contribution is 0.0982. The standard InChI is InChI=1S/C29H26ClN5O3/c1-31-19-11-25(34(2)15-19)28(37)32-18-7-8-22-16(9-18)10-23(33-22)29(38)35-14-17(13-30)27-21-6-4-3-5-20(21)26(36)12-24(27)35/h3-12,15,17,31,33,36H,13-14H2,1-2H3,(H,32,37). The molecule has 1 unspecified atom stereocenters. The van der Waals surface area contributed by atoms with E-state index in [0.29, 0.717) is 35.2 Å². The largest absolute Gasteiger partial charge is 0.507 e. The number of benzene rings is 3. The third kappa shape index (κ3) is 3.85. The van der Waals surface area contributed by atoms with E-state index >= 15 is 0 Å². The summed E-state index contributed by atoms with van der Waals surface area (Å²) in [7, 11) is 3.62. The number of carbonyl (C=O) groups excluding carboxylic acids is 2. The Morgan fingerprint density at radius 1 is 1.08 bits per heavy atom. The van der Waals surface area contributed by atoms with E-state index in [4.69, 9.17) is 11.6 Å². The van der Waals surface area contributed by atoms with Crippen LogP contribution in [-0.2, 0) is 7.05 Å². The number of hydrogen-bond acceptors (Lipinski definition) is 4. The Morgan fingerprint density at radius 3 is 2.61 bits per heavy atom. The maximum atomic E-state index is 13.7. The number of aryl methyl sites for hydroxylation is 1. The number of H-pyrrole nitrogens is 1. The van der Waals surface area contributed by atoms with Gasteiger partial charge in [-0.2, -0.15) is 0 Å². The number of amides is 2. The second-order valence-electron chi connectivity index (χ2n) is 9.56. The number of nitrogens with zero attached hydrogens (tertiary/aromatic N) is 2. The molecule has 192 valence electrons. The van der Waals surface area contributed by atoms with Crippen molar-refractivity contribution in [3.05, 3.63) is 83.8 Å². The summed E-state index contributed by atoms with van der Waals surface area (Å²) in [5.41, 5.74) is 4.84. The minimum atomic E-state index is -0.229. The predicted octanol–water partition coefficient (Wildman–Crippen LogP) is 5.64. The summed E-state index contributed by atoms with van der Waals surface area (Å²) in [5, 5.41) is 19.1. The summed E-state index contributed by atoms with van der Waals surface area (Å²) in [6.07, 6.45) is 1.84. The average Bonchev–Trinajstić information content (AvgIpc) is 3.62. The zero-order valence-corrected chi connectivity index (χ0v) is 21.6. The third-order valence-electron chi connectivity index (χ3n) is 7.21. The van der Waals surface area contributed by atoms with E-state index in [0.717, 1.165) is 32.9 Å². The zero-order chi connectivity index (χ0) is 26.6. The number of phenols is 1. The first-order chi connectivity index (χ1) is 18.4. The minimum Gasteiger partial charge on any atom is -0.507 e. The van der Waals surface area contributed by atoms with Gasteiger partial charge in [0.1, 0.15) is 17.1 Å². The van der Waals surface area contributed by atoms with Gasteiger partial charge in [-0.3, -0.25) is 9.59 Å². The van der Waals surface area contributed by atoms with Crippen molar-refractivity contribution >= 4 is 62.2 Å². The van der Waals surface area contributed by atoms with E-state index in [9.17, 15) is 14.7 Å². The third-order valence-corrected chi connectivity index (χ3v) is 7.58. The van der Waals surface area contributed by atoms with Crippen LogP contribution in [0.2, 0.25) is 0 Å². The molecule has 6 rings (SSSR count). The van der Waals surface area contributed by atoms with Gasteiger partial charge in [-0.1, -0.05) is 24.3 Å². The van der Waals surface area contributed by atoms with E-state index in [-0.39, 0.29) is 23.5 Å². The number of alkyl halides is 1. The molecule has 9 heteroatoms. The molecule has 1 aliphatic heterocycles. The topological polar surface area (TPSA) is 102 Å². The highest BCUT2D eigenvalue weighted by atomic mass is 35.5. The fourth-order valence-corrected chi connectivity index (χ4v) is 5.59. The zero-order valence-electron chi connectivity index (χ0n) is 20.9. The number of anilines is 3. The number of carbonyl (C=O) groups is 2. The maximum Gasteiger partial charge on any atom is 0.274 e. The number of phenolic OH excluding ortho intramolecular Hbond substituents is 1. The van der Waals surface area contributed by atoms with Crippen LogP contribution in [0.15, 0.2) is 66.9 Å². The Balaban J connectivity index is 1.31. The van der Waals surface area contributed by atoms with Crippen molar-refractivity contribution in [2.75, 3.05) is 35.0 Å². The average molecular weight is 528 g/mol. The fraction of sp³-hybridized carbons (Fsp3) is 0.172. The Hall–Kier alpha value is -4.43. The lowest BCUT2D eigenvalue weighted by Crippen LogP contribution is -2.30. The first kappa shape index (κ1) is 23.9. The fourth-order valence-electron chi connectivity index (χ4n) is 5.34. The molecule has 0 spiro atoms. The van der Waals surface area contributed by atoms with Crippen LogP contribution in [0.3, 0.4) is 0 Å². The summed E-state index contributed by atoms with van der Waals surface area (Å²) >= 11 is 6.33. The molecule has 1 atom stereocenters. The highest BCUT2D eigenvalue weighted by Gasteiger charge is 2.35. The summed E-state index contributed by atoms with van der Waals surface area (Å²) in [4.78, 5) is 31.4. The molecule has 4 N–H and O–H groups in total. The van der Waals surface area contributed by atoms with Gasteiger partial charge in [-0.15, -0.1) is 11.6 Å². The molecule has 1 aliphatic rings. The van der Waals surface area contributed by atoms with Crippen molar-refractivity contribution in [1.29, 1.82) is 0 Å². The van der Waals surface area contributed by atoms with Gasteiger partial charge in [0.25, 0.3) is 11.8 Å². The van der Waals surface area contributed by atoms with Gasteiger partial charge in [-0.05, 0) is 41.3 Å². The number of aromatic hydroxyl groups is 1. The van der Waals surface area contributed by atoms with Gasteiger partial charge >= 0.3 is 0 Å². The molecular weight excluding hydrogens is 502 g/mol. The van der Waals surface area contributed by atoms with E-state index in [1.165, 1.54) is 0 Å². The van der Waals surface area contributed by atoms with Crippen LogP contribution in [-0.4, -0.2) is 45.9 Å². The van der Waals surface area contributed by atoms with Gasteiger partial charge in [0.2, 0.25) is 0 Å². The monoisotopic (exact) mass is 527 g/mol. The van der Waals surface area contributed by atoms with Gasteiger partial charge in [0, 0.05) is 66.7 Å². The lowest BCUT2D eigenvalue weighted by atomic mass is 9.95. The highest BCUT2D eigenvalue weighted by molar-refractivity contribution is 6.19. The van der Waals surface area contributed by atoms with Crippen LogP contribution >= 0.6 is 11.6 Å². The SMILES string of the molecule is CNc1cc(C(=O)Nc2ccc3[nH]c(C(=O)N4CC(CCl)c5c4cc(O)c4ccccc54)cc3c2)n(C)c1. The maximum absolute atomic E-state index is 13.7. The van der Waals surface area contributed by atoms with E-state index in [1.807, 2.05) is 49.6 Å². The van der Waals surface area contributed by atoms with Gasteiger partial charge < -0.3 is 30.2 Å². The molecule has 5 aromatic rings. The number of hydrogen-bond donors (Lipinski definition) is 4. The Kier molecular flexibility index (Phi) is 5.76. The van der Waals surface area contributed by atoms with Crippen molar-refractivity contribution in [1.82, 2.24) is 9.55 Å². The minimum absolute atomic E-state index is 0.0479. The molecule has 0 radical (unpaired) electrons. The molecule has 0 saturated heterocycles. The summed E-state index contributed by atoms with van der Waals surface area (Å²) in [6, 6.07) is 18.3. The lowest BCUT2D eigenvalue weighted by Gasteiger charge is -2.17. The molecule has 3 aromatic carbocycles. The molecule has 0 bridgehead atoms. The molecule has 2 amide bonds. The molecule has 0 aliphatic carbocycles. The first-order valence-electron chi connectivity index (χ1n) is 12.3. The van der Waals surface area contributed by atoms with Crippen molar-refractivity contribution in [3.63, 3.8) is 0 Å². The molecule has 8 nitrogen and oxygen atoms in total. The highest BCUT2D eigenvalue weighted by Crippen LogP contribution is 2.45. The van der Waals surface area contributed by atoms with Crippen molar-refractivity contribution in [2.24, 2.45) is 7.05 Å². The second kappa shape index (κ2) is 9.15. The van der Waals surface area contributed by atoms with Crippen LogP contribution in [0.5, 0.6) is 5.75 Å². The Bertz CT molecular complexity index is 1740. The van der Waals surface area contributed by atoms with Crippen LogP contribution in [0.4, 0.5) is 17.1 Å². The molecule has 2 aromatic heterocycles.